The average Bonchev–Trinajstić information content (AvgIpc) is 2.73. The average molecular weight is 386 g/mol. The zero-order chi connectivity index (χ0) is 21.0. The van der Waals surface area contributed by atoms with E-state index in [9.17, 15) is 10.0 Å². The van der Waals surface area contributed by atoms with Gasteiger partial charge in [-0.3, -0.25) is 4.79 Å². The summed E-state index contributed by atoms with van der Waals surface area (Å²) in [6, 6.07) is 21.9. The van der Waals surface area contributed by atoms with Crippen molar-refractivity contribution >= 4 is 17.2 Å². The van der Waals surface area contributed by atoms with Crippen molar-refractivity contribution in [1.29, 1.82) is 0 Å². The van der Waals surface area contributed by atoms with E-state index in [0.29, 0.717) is 27.6 Å². The summed E-state index contributed by atoms with van der Waals surface area (Å²) in [4.78, 5) is 13.7. The molecule has 3 rings (SSSR count). The minimum absolute atomic E-state index is 0.186. The van der Waals surface area contributed by atoms with E-state index in [-0.39, 0.29) is 17.4 Å². The Morgan fingerprint density at radius 2 is 1.41 bits per heavy atom. The van der Waals surface area contributed by atoms with Gasteiger partial charge in [0, 0.05) is 16.7 Å². The second-order valence-electron chi connectivity index (χ2n) is 7.75. The molecule has 0 N–H and O–H groups in total. The molecule has 0 radical (unpaired) electrons. The number of carbonyl (C=O) groups excluding carboxylic acids is 1. The summed E-state index contributed by atoms with van der Waals surface area (Å²) >= 11 is 0. The van der Waals surface area contributed by atoms with Gasteiger partial charge in [-0.2, -0.15) is 0 Å². The molecule has 0 heterocycles. The Kier molecular flexibility index (Phi) is 6.23. The quantitative estimate of drug-likeness (QED) is 0.196. The van der Waals surface area contributed by atoms with E-state index in [4.69, 9.17) is 0 Å². The second kappa shape index (κ2) is 8.82. The Morgan fingerprint density at radius 1 is 0.828 bits per heavy atom. The molecular weight excluding hydrogens is 360 g/mol. The lowest BCUT2D eigenvalue weighted by Crippen LogP contribution is -2.07. The minimum atomic E-state index is -0.186. The van der Waals surface area contributed by atoms with Crippen molar-refractivity contribution in [1.82, 2.24) is 0 Å². The molecule has 0 fully saturated rings. The molecule has 0 aliphatic heterocycles. The van der Waals surface area contributed by atoms with Crippen LogP contribution in [-0.2, 0) is 0 Å². The SMILES string of the molecule is CC(C)c1ccc(N=[N+]([O-])c2ccc(C(C)C)cc2C(=O)c2ccccc2)cc1. The molecule has 0 amide bonds. The highest BCUT2D eigenvalue weighted by molar-refractivity contribution is 6.11. The smallest absolute Gasteiger partial charge is 0.256 e. The van der Waals surface area contributed by atoms with E-state index < -0.39 is 0 Å². The Hall–Kier alpha value is -3.27. The standard InChI is InChI=1S/C25H26N2O2/c1-17(2)19-10-13-22(14-11-19)26-27(29)24-15-12-21(18(3)4)16-23(24)25(28)20-8-6-5-7-9-20/h5-18H,1-4H3. The third-order valence-corrected chi connectivity index (χ3v) is 4.94. The van der Waals surface area contributed by atoms with Crippen molar-refractivity contribution in [2.75, 3.05) is 0 Å². The van der Waals surface area contributed by atoms with E-state index in [2.05, 4.69) is 32.8 Å². The fraction of sp³-hybridized carbons (Fsp3) is 0.240. The maximum Gasteiger partial charge on any atom is 0.256 e. The Morgan fingerprint density at radius 3 is 2.00 bits per heavy atom. The summed E-state index contributed by atoms with van der Waals surface area (Å²) in [5.41, 5.74) is 3.89. The van der Waals surface area contributed by atoms with Crippen LogP contribution >= 0.6 is 0 Å². The fourth-order valence-electron chi connectivity index (χ4n) is 3.09. The Labute approximate surface area is 172 Å². The normalized spacial score (nSPS) is 11.9. The molecule has 4 heteroatoms. The van der Waals surface area contributed by atoms with Crippen LogP contribution in [0.4, 0.5) is 11.4 Å². The molecule has 0 saturated carbocycles. The molecule has 0 aliphatic carbocycles. The second-order valence-corrected chi connectivity index (χ2v) is 7.75. The number of hydrogen-bond acceptors (Lipinski definition) is 3. The predicted octanol–water partition coefficient (Wildman–Crippen LogP) is 7.09. The lowest BCUT2D eigenvalue weighted by molar-refractivity contribution is -0.435. The molecule has 29 heavy (non-hydrogen) atoms. The number of hydrogen-bond donors (Lipinski definition) is 0. The van der Waals surface area contributed by atoms with Gasteiger partial charge in [0.25, 0.3) is 5.69 Å². The van der Waals surface area contributed by atoms with Gasteiger partial charge < -0.3 is 5.21 Å². The topological polar surface area (TPSA) is 55.5 Å². The monoisotopic (exact) mass is 386 g/mol. The number of carbonyl (C=O) groups is 1. The van der Waals surface area contributed by atoms with Crippen molar-refractivity contribution in [3.05, 3.63) is 100 Å². The Bertz CT molecular complexity index is 1020. The van der Waals surface area contributed by atoms with E-state index in [1.807, 2.05) is 48.5 Å². The molecule has 0 bridgehead atoms. The van der Waals surface area contributed by atoms with Crippen LogP contribution in [0, 0.1) is 5.21 Å². The van der Waals surface area contributed by atoms with Crippen molar-refractivity contribution < 1.29 is 9.66 Å². The van der Waals surface area contributed by atoms with Gasteiger partial charge in [-0.25, -0.2) is 0 Å². The van der Waals surface area contributed by atoms with Gasteiger partial charge in [-0.15, -0.1) is 0 Å². The van der Waals surface area contributed by atoms with Crippen LogP contribution in [0.3, 0.4) is 0 Å². The lowest BCUT2D eigenvalue weighted by atomic mass is 9.95. The number of nitrogens with zero attached hydrogens (tertiary/aromatic N) is 2. The number of ketones is 1. The summed E-state index contributed by atoms with van der Waals surface area (Å²) in [5, 5.41) is 17.0. The molecule has 0 atom stereocenters. The van der Waals surface area contributed by atoms with Crippen LogP contribution in [-0.4, -0.2) is 10.6 Å². The van der Waals surface area contributed by atoms with E-state index >= 15 is 0 Å². The highest BCUT2D eigenvalue weighted by Crippen LogP contribution is 2.28. The van der Waals surface area contributed by atoms with Crippen molar-refractivity contribution in [2.45, 2.75) is 39.5 Å². The third kappa shape index (κ3) is 4.77. The van der Waals surface area contributed by atoms with Crippen LogP contribution in [0.2, 0.25) is 0 Å². The van der Waals surface area contributed by atoms with Gasteiger partial charge in [0.15, 0.2) is 5.78 Å². The molecule has 0 unspecified atom stereocenters. The first kappa shape index (κ1) is 20.5. The van der Waals surface area contributed by atoms with E-state index in [1.54, 1.807) is 24.3 Å². The number of azo groups is 1. The maximum absolute atomic E-state index is 13.1. The molecule has 3 aromatic rings. The first-order valence-corrected chi connectivity index (χ1v) is 9.89. The third-order valence-electron chi connectivity index (χ3n) is 4.94. The van der Waals surface area contributed by atoms with Crippen molar-refractivity contribution in [2.24, 2.45) is 5.11 Å². The lowest BCUT2D eigenvalue weighted by Gasteiger charge is -2.11. The van der Waals surface area contributed by atoms with Gasteiger partial charge in [0.1, 0.15) is 5.69 Å². The summed E-state index contributed by atoms with van der Waals surface area (Å²) in [7, 11) is 0. The molecule has 148 valence electrons. The molecule has 0 aliphatic rings. The minimum Gasteiger partial charge on any atom is -0.594 e. The number of benzene rings is 3. The highest BCUT2D eigenvalue weighted by atomic mass is 16.5. The summed E-state index contributed by atoms with van der Waals surface area (Å²) < 4.78 is 0. The van der Waals surface area contributed by atoms with Crippen molar-refractivity contribution in [3.63, 3.8) is 0 Å². The van der Waals surface area contributed by atoms with Crippen LogP contribution in [0.25, 0.3) is 0 Å². The molecule has 0 saturated heterocycles. The van der Waals surface area contributed by atoms with Crippen LogP contribution in [0.1, 0.15) is 66.6 Å². The maximum atomic E-state index is 13.1. The fourth-order valence-corrected chi connectivity index (χ4v) is 3.09. The molecule has 3 aromatic carbocycles. The first-order chi connectivity index (χ1) is 13.9. The summed E-state index contributed by atoms with van der Waals surface area (Å²) in [6.45, 7) is 8.34. The van der Waals surface area contributed by atoms with Crippen molar-refractivity contribution in [3.8, 4) is 0 Å². The van der Waals surface area contributed by atoms with Gasteiger partial charge in [0.2, 0.25) is 0 Å². The summed E-state index contributed by atoms with van der Waals surface area (Å²) in [6.07, 6.45) is 0. The van der Waals surface area contributed by atoms with Crippen LogP contribution in [0.5, 0.6) is 0 Å². The van der Waals surface area contributed by atoms with E-state index in [1.165, 1.54) is 5.56 Å². The summed E-state index contributed by atoms with van der Waals surface area (Å²) in [5.74, 6) is 0.465. The van der Waals surface area contributed by atoms with Gasteiger partial charge in [0.05, 0.1) is 5.56 Å². The highest BCUT2D eigenvalue weighted by Gasteiger charge is 2.21. The predicted molar refractivity (Wildman–Crippen MR) is 116 cm³/mol. The molecular formula is C25H26N2O2. The van der Waals surface area contributed by atoms with Crippen LogP contribution in [0.15, 0.2) is 77.9 Å². The zero-order valence-corrected chi connectivity index (χ0v) is 17.3. The molecule has 0 aromatic heterocycles. The van der Waals surface area contributed by atoms with E-state index in [0.717, 1.165) is 5.56 Å². The number of rotatable bonds is 6. The first-order valence-electron chi connectivity index (χ1n) is 9.89. The van der Waals surface area contributed by atoms with Gasteiger partial charge in [-0.1, -0.05) is 76.2 Å². The van der Waals surface area contributed by atoms with Gasteiger partial charge >= 0.3 is 0 Å². The molecule has 0 spiro atoms. The Balaban J connectivity index is 2.04. The van der Waals surface area contributed by atoms with Gasteiger partial charge in [-0.05, 0) is 46.0 Å². The zero-order valence-electron chi connectivity index (χ0n) is 17.3. The molecule has 4 nitrogen and oxygen atoms in total. The largest absolute Gasteiger partial charge is 0.594 e. The van der Waals surface area contributed by atoms with Crippen LogP contribution < -0.4 is 0 Å².